The monoisotopic (exact) mass is 345 g/mol. The van der Waals surface area contributed by atoms with Crippen LogP contribution in [-0.4, -0.2) is 4.98 Å². The van der Waals surface area contributed by atoms with Gasteiger partial charge in [-0.1, -0.05) is 28.1 Å². The van der Waals surface area contributed by atoms with Gasteiger partial charge in [-0.3, -0.25) is 0 Å². The molecule has 0 radical (unpaired) electrons. The van der Waals surface area contributed by atoms with Crippen LogP contribution >= 0.6 is 15.9 Å². The zero-order valence-electron chi connectivity index (χ0n) is 11.3. The highest BCUT2D eigenvalue weighted by Crippen LogP contribution is 2.33. The highest BCUT2D eigenvalue weighted by Gasteiger charge is 2.12. The van der Waals surface area contributed by atoms with E-state index in [4.69, 9.17) is 11.5 Å². The average molecular weight is 346 g/mol. The highest BCUT2D eigenvalue weighted by atomic mass is 79.9. The number of hydrogen-bond donors (Lipinski definition) is 2. The Morgan fingerprint density at radius 2 is 1.81 bits per heavy atom. The van der Waals surface area contributed by atoms with Gasteiger partial charge in [0.05, 0.1) is 5.69 Å². The van der Waals surface area contributed by atoms with Crippen LogP contribution in [0.25, 0.3) is 22.0 Å². The smallest absolute Gasteiger partial charge is 0.132 e. The van der Waals surface area contributed by atoms with Crippen LogP contribution in [0.4, 0.5) is 15.9 Å². The maximum Gasteiger partial charge on any atom is 0.132 e. The normalized spacial score (nSPS) is 11.0. The summed E-state index contributed by atoms with van der Waals surface area (Å²) in [7, 11) is 0. The van der Waals surface area contributed by atoms with Crippen LogP contribution in [0.5, 0.6) is 0 Å². The molecule has 0 saturated carbocycles. The molecular weight excluding hydrogens is 333 g/mol. The molecule has 1 heterocycles. The third-order valence-corrected chi connectivity index (χ3v) is 4.00. The van der Waals surface area contributed by atoms with E-state index in [1.54, 1.807) is 18.2 Å². The number of aromatic nitrogens is 1. The predicted octanol–water partition coefficient (Wildman–Crippen LogP) is 4.28. The van der Waals surface area contributed by atoms with Crippen LogP contribution in [0.2, 0.25) is 0 Å². The Bertz CT molecular complexity index is 862. The van der Waals surface area contributed by atoms with E-state index in [-0.39, 0.29) is 5.82 Å². The molecule has 3 nitrogen and oxygen atoms in total. The standard InChI is InChI=1S/C16H13BrFN3/c1-8-2-4-10-11(15(8)19)7-14(21-16(10)20)12-6-9(17)3-5-13(12)18/h2-7H,19H2,1H3,(H2,20,21). The second-order valence-electron chi connectivity index (χ2n) is 4.91. The lowest BCUT2D eigenvalue weighted by Gasteiger charge is -2.11. The van der Waals surface area contributed by atoms with Crippen LogP contribution in [0, 0.1) is 12.7 Å². The van der Waals surface area contributed by atoms with Gasteiger partial charge in [0.1, 0.15) is 11.6 Å². The fourth-order valence-electron chi connectivity index (χ4n) is 2.32. The molecule has 0 spiro atoms. The van der Waals surface area contributed by atoms with Crippen molar-refractivity contribution in [2.24, 2.45) is 0 Å². The van der Waals surface area contributed by atoms with Gasteiger partial charge in [0.2, 0.25) is 0 Å². The van der Waals surface area contributed by atoms with Crippen molar-refractivity contribution in [1.29, 1.82) is 0 Å². The molecule has 3 aromatic rings. The molecule has 106 valence electrons. The van der Waals surface area contributed by atoms with Gasteiger partial charge in [0, 0.05) is 26.5 Å². The number of benzene rings is 2. The summed E-state index contributed by atoms with van der Waals surface area (Å²) in [6.07, 6.45) is 0. The molecule has 0 atom stereocenters. The number of pyridine rings is 1. The second-order valence-corrected chi connectivity index (χ2v) is 5.82. The van der Waals surface area contributed by atoms with E-state index >= 15 is 0 Å². The van der Waals surface area contributed by atoms with Crippen LogP contribution in [0.15, 0.2) is 40.9 Å². The Morgan fingerprint density at radius 3 is 2.57 bits per heavy atom. The van der Waals surface area contributed by atoms with Gasteiger partial charge in [-0.05, 0) is 36.8 Å². The van der Waals surface area contributed by atoms with Crippen molar-refractivity contribution < 1.29 is 4.39 Å². The minimum atomic E-state index is -0.351. The van der Waals surface area contributed by atoms with Crippen LogP contribution in [0.1, 0.15) is 5.56 Å². The summed E-state index contributed by atoms with van der Waals surface area (Å²) in [4.78, 5) is 4.31. The summed E-state index contributed by atoms with van der Waals surface area (Å²) < 4.78 is 14.8. The molecule has 0 aliphatic rings. The summed E-state index contributed by atoms with van der Waals surface area (Å²) in [5.41, 5.74) is 14.6. The van der Waals surface area contributed by atoms with Gasteiger partial charge in [0.15, 0.2) is 0 Å². The van der Waals surface area contributed by atoms with E-state index < -0.39 is 0 Å². The number of rotatable bonds is 1. The first-order valence-corrected chi connectivity index (χ1v) is 7.17. The predicted molar refractivity (Wildman–Crippen MR) is 88.4 cm³/mol. The Balaban J connectivity index is 2.34. The first-order valence-electron chi connectivity index (χ1n) is 6.38. The molecule has 0 fully saturated rings. The first-order chi connectivity index (χ1) is 9.97. The lowest BCUT2D eigenvalue weighted by molar-refractivity contribution is 0.630. The fourth-order valence-corrected chi connectivity index (χ4v) is 2.68. The largest absolute Gasteiger partial charge is 0.398 e. The van der Waals surface area contributed by atoms with E-state index in [2.05, 4.69) is 20.9 Å². The SMILES string of the molecule is Cc1ccc2c(N)nc(-c3cc(Br)ccc3F)cc2c1N. The zero-order chi connectivity index (χ0) is 15.1. The van der Waals surface area contributed by atoms with Gasteiger partial charge in [-0.2, -0.15) is 0 Å². The van der Waals surface area contributed by atoms with Gasteiger partial charge in [-0.15, -0.1) is 0 Å². The van der Waals surface area contributed by atoms with Crippen molar-refractivity contribution in [1.82, 2.24) is 4.98 Å². The average Bonchev–Trinajstić information content (AvgIpc) is 2.45. The maximum atomic E-state index is 14.0. The molecule has 0 saturated heterocycles. The molecule has 2 aromatic carbocycles. The number of halogens is 2. The number of hydrogen-bond acceptors (Lipinski definition) is 3. The minimum absolute atomic E-state index is 0.341. The number of fused-ring (bicyclic) bond motifs is 1. The molecule has 0 bridgehead atoms. The summed E-state index contributed by atoms with van der Waals surface area (Å²) in [5.74, 6) is -0.00995. The number of aryl methyl sites for hydroxylation is 1. The number of nitrogen functional groups attached to an aromatic ring is 2. The van der Waals surface area contributed by atoms with Crippen molar-refractivity contribution in [3.63, 3.8) is 0 Å². The third-order valence-electron chi connectivity index (χ3n) is 3.51. The zero-order valence-corrected chi connectivity index (χ0v) is 12.9. The quantitative estimate of drug-likeness (QED) is 0.647. The van der Waals surface area contributed by atoms with Gasteiger partial charge in [-0.25, -0.2) is 9.37 Å². The van der Waals surface area contributed by atoms with E-state index in [0.717, 1.165) is 20.8 Å². The van der Waals surface area contributed by atoms with Crippen molar-refractivity contribution >= 4 is 38.2 Å². The Hall–Kier alpha value is -2.14. The number of nitrogens with two attached hydrogens (primary N) is 2. The van der Waals surface area contributed by atoms with E-state index in [1.165, 1.54) is 6.07 Å². The van der Waals surface area contributed by atoms with Crippen molar-refractivity contribution in [3.05, 3.63) is 52.3 Å². The Kier molecular flexibility index (Phi) is 3.29. The van der Waals surface area contributed by atoms with Crippen LogP contribution in [0.3, 0.4) is 0 Å². The van der Waals surface area contributed by atoms with E-state index in [1.807, 2.05) is 19.1 Å². The van der Waals surface area contributed by atoms with Crippen molar-refractivity contribution in [3.8, 4) is 11.3 Å². The Labute approximate surface area is 129 Å². The molecule has 1 aromatic heterocycles. The summed E-state index contributed by atoms with van der Waals surface area (Å²) in [6.45, 7) is 1.92. The molecule has 4 N–H and O–H groups in total. The van der Waals surface area contributed by atoms with Crippen LogP contribution in [-0.2, 0) is 0 Å². The fraction of sp³-hybridized carbons (Fsp3) is 0.0625. The topological polar surface area (TPSA) is 64.9 Å². The second kappa shape index (κ2) is 5.00. The number of anilines is 2. The highest BCUT2D eigenvalue weighted by molar-refractivity contribution is 9.10. The Morgan fingerprint density at radius 1 is 1.05 bits per heavy atom. The third kappa shape index (κ3) is 2.34. The molecule has 21 heavy (non-hydrogen) atoms. The summed E-state index contributed by atoms with van der Waals surface area (Å²) in [6, 6.07) is 10.3. The van der Waals surface area contributed by atoms with E-state index in [0.29, 0.717) is 22.8 Å². The molecule has 3 rings (SSSR count). The first kappa shape index (κ1) is 13.8. The number of nitrogens with zero attached hydrogens (tertiary/aromatic N) is 1. The summed E-state index contributed by atoms with van der Waals surface area (Å²) >= 11 is 3.34. The molecule has 5 heteroatoms. The van der Waals surface area contributed by atoms with Gasteiger partial charge >= 0.3 is 0 Å². The van der Waals surface area contributed by atoms with Gasteiger partial charge < -0.3 is 11.5 Å². The molecule has 0 amide bonds. The summed E-state index contributed by atoms with van der Waals surface area (Å²) in [5, 5.41) is 1.56. The van der Waals surface area contributed by atoms with Crippen molar-refractivity contribution in [2.45, 2.75) is 6.92 Å². The van der Waals surface area contributed by atoms with E-state index in [9.17, 15) is 4.39 Å². The maximum absolute atomic E-state index is 14.0. The molecule has 0 aliphatic heterocycles. The lowest BCUT2D eigenvalue weighted by Crippen LogP contribution is -1.99. The van der Waals surface area contributed by atoms with Gasteiger partial charge in [0.25, 0.3) is 0 Å². The lowest BCUT2D eigenvalue weighted by atomic mass is 10.0. The minimum Gasteiger partial charge on any atom is -0.398 e. The van der Waals surface area contributed by atoms with Crippen molar-refractivity contribution in [2.75, 3.05) is 11.5 Å². The molecule has 0 unspecified atom stereocenters. The molecule has 0 aliphatic carbocycles. The van der Waals surface area contributed by atoms with Crippen LogP contribution < -0.4 is 11.5 Å². The molecular formula is C16H13BrFN3.